The summed E-state index contributed by atoms with van der Waals surface area (Å²) < 4.78 is 4.20. The van der Waals surface area contributed by atoms with Crippen molar-refractivity contribution in [3.05, 3.63) is 64.2 Å². The predicted molar refractivity (Wildman–Crippen MR) is 101 cm³/mol. The highest BCUT2D eigenvalue weighted by atomic mass is 32.1. The van der Waals surface area contributed by atoms with Gasteiger partial charge in [0.25, 0.3) is 5.69 Å². The number of rotatable bonds is 4. The molecule has 3 aromatic carbocycles. The Hall–Kier alpha value is -3.72. The highest BCUT2D eigenvalue weighted by Crippen LogP contribution is 2.40. The smallest absolute Gasteiger partial charge is 0.270 e. The van der Waals surface area contributed by atoms with E-state index in [4.69, 9.17) is 0 Å². The average Bonchev–Trinajstić information content (AvgIpc) is 3.09. The molecule has 0 fully saturated rings. The minimum atomic E-state index is -0.495. The summed E-state index contributed by atoms with van der Waals surface area (Å²) in [6.07, 6.45) is 0.548. The van der Waals surface area contributed by atoms with E-state index in [2.05, 4.69) is 14.6 Å². The van der Waals surface area contributed by atoms with E-state index in [0.29, 0.717) is 27.6 Å². The van der Waals surface area contributed by atoms with Crippen LogP contribution in [0.4, 0.5) is 16.4 Å². The molecule has 4 aromatic rings. The van der Waals surface area contributed by atoms with Crippen LogP contribution in [-0.4, -0.2) is 20.7 Å². The number of phenolic OH excluding ortho intramolecular Hbond substituents is 1. The van der Waals surface area contributed by atoms with Gasteiger partial charge in [0, 0.05) is 22.9 Å². The highest BCUT2D eigenvalue weighted by Gasteiger charge is 2.14. The van der Waals surface area contributed by atoms with Crippen molar-refractivity contribution in [2.45, 2.75) is 0 Å². The number of aromatic hydroxyl groups is 1. The summed E-state index contributed by atoms with van der Waals surface area (Å²) in [4.78, 5) is 21.7. The fourth-order valence-electron chi connectivity index (χ4n) is 2.73. The lowest BCUT2D eigenvalue weighted by Crippen LogP contribution is -1.86. The quantitative estimate of drug-likeness (QED) is 0.224. The number of aromatic nitrogens is 1. The van der Waals surface area contributed by atoms with Crippen LogP contribution in [0, 0.1) is 10.1 Å². The number of aldehydes is 1. The van der Waals surface area contributed by atoms with Gasteiger partial charge in [-0.05, 0) is 29.1 Å². The van der Waals surface area contributed by atoms with Gasteiger partial charge in [-0.1, -0.05) is 24.3 Å². The third-order valence-electron chi connectivity index (χ3n) is 4.04. The molecule has 9 heteroatoms. The maximum absolute atomic E-state index is 11.2. The Morgan fingerprint density at radius 1 is 1.11 bits per heavy atom. The second-order valence-corrected chi connectivity index (χ2v) is 6.40. The molecule has 0 atom stereocenters. The van der Waals surface area contributed by atoms with E-state index in [-0.39, 0.29) is 22.7 Å². The molecule has 0 bridgehead atoms. The molecule has 0 aliphatic rings. The van der Waals surface area contributed by atoms with Crippen molar-refractivity contribution in [2.75, 3.05) is 0 Å². The molecule has 0 amide bonds. The number of fused-ring (bicyclic) bond motifs is 2. The second-order valence-electron chi connectivity index (χ2n) is 5.65. The molecule has 1 aromatic heterocycles. The van der Waals surface area contributed by atoms with Crippen molar-refractivity contribution in [3.63, 3.8) is 0 Å². The van der Waals surface area contributed by atoms with Crippen LogP contribution in [0.5, 0.6) is 5.75 Å². The molecular formula is C18H10N4O4S. The number of phenols is 1. The van der Waals surface area contributed by atoms with E-state index < -0.39 is 4.92 Å². The summed E-state index contributed by atoms with van der Waals surface area (Å²) >= 11 is 1.04. The molecular weight excluding hydrogens is 368 g/mol. The van der Waals surface area contributed by atoms with E-state index >= 15 is 0 Å². The molecule has 132 valence electrons. The van der Waals surface area contributed by atoms with Crippen molar-refractivity contribution < 1.29 is 14.8 Å². The number of hydrogen-bond donors (Lipinski definition) is 1. The second kappa shape index (κ2) is 6.54. The van der Waals surface area contributed by atoms with Gasteiger partial charge < -0.3 is 5.11 Å². The largest absolute Gasteiger partial charge is 0.505 e. The predicted octanol–water partition coefficient (Wildman–Crippen LogP) is 5.29. The topological polar surface area (TPSA) is 118 Å². The molecule has 4 rings (SSSR count). The van der Waals surface area contributed by atoms with Crippen molar-refractivity contribution >= 4 is 55.9 Å². The molecule has 0 saturated carbocycles. The van der Waals surface area contributed by atoms with Crippen molar-refractivity contribution in [1.82, 2.24) is 4.37 Å². The first-order valence-corrected chi connectivity index (χ1v) is 8.51. The van der Waals surface area contributed by atoms with Crippen LogP contribution < -0.4 is 0 Å². The Bertz CT molecular complexity index is 1250. The van der Waals surface area contributed by atoms with Gasteiger partial charge in [0.1, 0.15) is 5.69 Å². The standard InChI is InChI=1S/C18H10N4O4S/c23-9-11-7-10-3-1-2-4-13(10)16(17(11)24)19-20-18-14-8-12(22(25)26)5-6-15(14)21-27-18/h1-9,24H/b20-19+. The van der Waals surface area contributed by atoms with Gasteiger partial charge in [0.05, 0.1) is 16.0 Å². The van der Waals surface area contributed by atoms with Gasteiger partial charge in [-0.2, -0.15) is 4.37 Å². The summed E-state index contributed by atoms with van der Waals surface area (Å²) in [5.41, 5.74) is 0.750. The lowest BCUT2D eigenvalue weighted by molar-refractivity contribution is -0.384. The Balaban J connectivity index is 1.87. The monoisotopic (exact) mass is 378 g/mol. The normalized spacial score (nSPS) is 11.4. The molecule has 0 aliphatic carbocycles. The highest BCUT2D eigenvalue weighted by molar-refractivity contribution is 7.11. The van der Waals surface area contributed by atoms with Crippen molar-refractivity contribution in [2.24, 2.45) is 10.2 Å². The summed E-state index contributed by atoms with van der Waals surface area (Å²) in [6.45, 7) is 0. The fourth-order valence-corrected chi connectivity index (χ4v) is 3.41. The zero-order valence-corrected chi connectivity index (χ0v) is 14.4. The minimum Gasteiger partial charge on any atom is -0.505 e. The number of nitrogens with zero attached hydrogens (tertiary/aromatic N) is 4. The SMILES string of the molecule is O=Cc1cc2ccccc2c(/N=N/c2snc3ccc([N+](=O)[O-])cc23)c1O. The van der Waals surface area contributed by atoms with Crippen LogP contribution in [0.25, 0.3) is 21.7 Å². The van der Waals surface area contributed by atoms with Gasteiger partial charge in [-0.15, -0.1) is 10.2 Å². The van der Waals surface area contributed by atoms with Gasteiger partial charge in [0.2, 0.25) is 0 Å². The Kier molecular flexibility index (Phi) is 4.05. The fraction of sp³-hybridized carbons (Fsp3) is 0. The van der Waals surface area contributed by atoms with E-state index in [1.165, 1.54) is 12.1 Å². The van der Waals surface area contributed by atoms with E-state index in [1.807, 2.05) is 6.07 Å². The number of benzene rings is 3. The van der Waals surface area contributed by atoms with Crippen LogP contribution in [0.2, 0.25) is 0 Å². The van der Waals surface area contributed by atoms with Gasteiger partial charge in [-0.3, -0.25) is 14.9 Å². The van der Waals surface area contributed by atoms with Crippen LogP contribution in [0.3, 0.4) is 0 Å². The number of carbonyl (C=O) groups excluding carboxylic acids is 1. The Morgan fingerprint density at radius 2 is 1.93 bits per heavy atom. The van der Waals surface area contributed by atoms with E-state index in [0.717, 1.165) is 16.9 Å². The molecule has 0 radical (unpaired) electrons. The van der Waals surface area contributed by atoms with Crippen molar-refractivity contribution in [3.8, 4) is 5.75 Å². The molecule has 27 heavy (non-hydrogen) atoms. The van der Waals surface area contributed by atoms with Crippen LogP contribution >= 0.6 is 11.5 Å². The first kappa shape index (κ1) is 16.7. The molecule has 1 N–H and O–H groups in total. The molecule has 0 saturated heterocycles. The first-order chi connectivity index (χ1) is 13.1. The lowest BCUT2D eigenvalue weighted by atomic mass is 10.0. The minimum absolute atomic E-state index is 0.0737. The molecule has 1 heterocycles. The number of nitro groups is 1. The molecule has 0 aliphatic heterocycles. The zero-order chi connectivity index (χ0) is 19.0. The summed E-state index contributed by atoms with van der Waals surface area (Å²) in [5.74, 6) is -0.271. The maximum Gasteiger partial charge on any atom is 0.270 e. The number of non-ortho nitro benzene ring substituents is 1. The summed E-state index contributed by atoms with van der Waals surface area (Å²) in [5, 5.41) is 31.8. The van der Waals surface area contributed by atoms with E-state index in [9.17, 15) is 20.0 Å². The summed E-state index contributed by atoms with van der Waals surface area (Å²) in [7, 11) is 0. The van der Waals surface area contributed by atoms with Gasteiger partial charge >= 0.3 is 0 Å². The van der Waals surface area contributed by atoms with Gasteiger partial charge in [-0.25, -0.2) is 0 Å². The third-order valence-corrected chi connectivity index (χ3v) is 4.81. The Morgan fingerprint density at radius 3 is 2.70 bits per heavy atom. The number of carbonyl (C=O) groups is 1. The molecule has 0 spiro atoms. The average molecular weight is 378 g/mol. The lowest BCUT2D eigenvalue weighted by Gasteiger charge is -2.06. The van der Waals surface area contributed by atoms with Gasteiger partial charge in [0.15, 0.2) is 17.0 Å². The van der Waals surface area contributed by atoms with E-state index in [1.54, 1.807) is 30.3 Å². The summed E-state index contributed by atoms with van der Waals surface area (Å²) in [6, 6.07) is 13.0. The number of azo groups is 1. The third kappa shape index (κ3) is 2.89. The molecule has 0 unspecified atom stereocenters. The Labute approximate surface area is 155 Å². The number of hydrogen-bond acceptors (Lipinski definition) is 8. The first-order valence-electron chi connectivity index (χ1n) is 7.74. The molecule has 8 nitrogen and oxygen atoms in total. The maximum atomic E-state index is 11.2. The zero-order valence-electron chi connectivity index (χ0n) is 13.6. The van der Waals surface area contributed by atoms with Crippen molar-refractivity contribution in [1.29, 1.82) is 0 Å². The van der Waals surface area contributed by atoms with Crippen LogP contribution in [0.1, 0.15) is 10.4 Å². The van der Waals surface area contributed by atoms with Crippen LogP contribution in [0.15, 0.2) is 58.8 Å². The van der Waals surface area contributed by atoms with Crippen LogP contribution in [-0.2, 0) is 0 Å². The number of nitro benzene ring substituents is 1.